The molecule has 0 fully saturated rings. The third-order valence-electron chi connectivity index (χ3n) is 1.74. The summed E-state index contributed by atoms with van der Waals surface area (Å²) < 4.78 is 1.06. The van der Waals surface area contributed by atoms with Gasteiger partial charge in [0, 0.05) is 19.1 Å². The van der Waals surface area contributed by atoms with Gasteiger partial charge in [0.25, 0.3) is 0 Å². The van der Waals surface area contributed by atoms with E-state index in [4.69, 9.17) is 11.6 Å². The number of rotatable bonds is 2. The summed E-state index contributed by atoms with van der Waals surface area (Å²) in [5.41, 5.74) is 0.940. The molecule has 0 saturated heterocycles. The Bertz CT molecular complexity index is 504. The van der Waals surface area contributed by atoms with Gasteiger partial charge in [-0.3, -0.25) is 0 Å². The van der Waals surface area contributed by atoms with Crippen molar-refractivity contribution in [3.63, 3.8) is 0 Å². The molecule has 15 heavy (non-hydrogen) atoms. The van der Waals surface area contributed by atoms with Gasteiger partial charge in [-0.25, -0.2) is 9.98 Å². The molecule has 0 aliphatic rings. The molecule has 78 valence electrons. The Labute approximate surface area is 97.0 Å². The van der Waals surface area contributed by atoms with Crippen molar-refractivity contribution >= 4 is 44.6 Å². The van der Waals surface area contributed by atoms with E-state index in [1.807, 2.05) is 37.2 Å². The highest BCUT2D eigenvalue weighted by Gasteiger charge is 2.02. The van der Waals surface area contributed by atoms with Gasteiger partial charge in [-0.15, -0.1) is 0 Å². The second-order valence-corrected chi connectivity index (χ2v) is 4.76. The fraction of sp³-hybridized carbons (Fsp3) is 0.200. The van der Waals surface area contributed by atoms with Crippen LogP contribution in [0.4, 0.5) is 5.13 Å². The van der Waals surface area contributed by atoms with Crippen LogP contribution in [0.1, 0.15) is 0 Å². The van der Waals surface area contributed by atoms with Crippen molar-refractivity contribution in [2.24, 2.45) is 4.99 Å². The van der Waals surface area contributed by atoms with Crippen molar-refractivity contribution in [1.82, 2.24) is 9.88 Å². The van der Waals surface area contributed by atoms with Crippen molar-refractivity contribution in [2.75, 3.05) is 14.1 Å². The highest BCUT2D eigenvalue weighted by Crippen LogP contribution is 2.29. The maximum absolute atomic E-state index is 5.89. The van der Waals surface area contributed by atoms with Gasteiger partial charge in [-0.2, -0.15) is 0 Å². The van der Waals surface area contributed by atoms with E-state index in [0.717, 1.165) is 20.4 Å². The van der Waals surface area contributed by atoms with Gasteiger partial charge >= 0.3 is 0 Å². The van der Waals surface area contributed by atoms with Gasteiger partial charge < -0.3 is 4.90 Å². The van der Waals surface area contributed by atoms with Gasteiger partial charge in [0.05, 0.1) is 16.6 Å². The predicted octanol–water partition coefficient (Wildman–Crippen LogP) is 3.17. The lowest BCUT2D eigenvalue weighted by atomic mass is 10.3. The highest BCUT2D eigenvalue weighted by atomic mass is 35.5. The smallest absolute Gasteiger partial charge is 0.211 e. The Morgan fingerprint density at radius 2 is 2.27 bits per heavy atom. The van der Waals surface area contributed by atoms with Crippen LogP contribution in [0.5, 0.6) is 0 Å². The molecule has 3 nitrogen and oxygen atoms in total. The first-order valence-corrected chi connectivity index (χ1v) is 5.61. The quantitative estimate of drug-likeness (QED) is 0.595. The number of benzene rings is 1. The van der Waals surface area contributed by atoms with Crippen molar-refractivity contribution < 1.29 is 0 Å². The minimum atomic E-state index is 0.731. The Morgan fingerprint density at radius 1 is 1.47 bits per heavy atom. The van der Waals surface area contributed by atoms with Crippen molar-refractivity contribution in [1.29, 1.82) is 0 Å². The summed E-state index contributed by atoms with van der Waals surface area (Å²) in [6.07, 6.45) is 1.74. The molecule has 0 radical (unpaired) electrons. The first kappa shape index (κ1) is 10.4. The molecule has 1 aromatic carbocycles. The van der Waals surface area contributed by atoms with Crippen LogP contribution in [0.2, 0.25) is 5.02 Å². The summed E-state index contributed by atoms with van der Waals surface area (Å²) in [5.74, 6) is 0. The number of hydrogen-bond donors (Lipinski definition) is 0. The van der Waals surface area contributed by atoms with Gasteiger partial charge in [0.15, 0.2) is 0 Å². The third kappa shape index (κ3) is 2.46. The zero-order valence-electron chi connectivity index (χ0n) is 8.44. The largest absolute Gasteiger partial charge is 0.369 e. The van der Waals surface area contributed by atoms with Crippen LogP contribution in [-0.4, -0.2) is 30.3 Å². The third-order valence-corrected chi connectivity index (χ3v) is 2.90. The first-order chi connectivity index (χ1) is 7.15. The summed E-state index contributed by atoms with van der Waals surface area (Å²) in [7, 11) is 3.85. The molecular formula is C10H10ClN3S. The van der Waals surface area contributed by atoms with Gasteiger partial charge in [-0.1, -0.05) is 22.9 Å². The fourth-order valence-corrected chi connectivity index (χ4v) is 2.19. The Hall–Kier alpha value is -1.13. The molecule has 0 atom stereocenters. The van der Waals surface area contributed by atoms with E-state index in [1.54, 1.807) is 6.34 Å². The second kappa shape index (κ2) is 4.16. The molecule has 0 saturated carbocycles. The molecule has 1 aromatic heterocycles. The lowest BCUT2D eigenvalue weighted by Gasteiger charge is -1.99. The summed E-state index contributed by atoms with van der Waals surface area (Å²) >= 11 is 7.42. The van der Waals surface area contributed by atoms with Crippen molar-refractivity contribution in [3.05, 3.63) is 23.2 Å². The Balaban J connectivity index is 2.39. The molecule has 0 unspecified atom stereocenters. The molecule has 0 bridgehead atoms. The zero-order valence-corrected chi connectivity index (χ0v) is 10.0. The second-order valence-electron chi connectivity index (χ2n) is 3.32. The van der Waals surface area contributed by atoms with E-state index in [1.165, 1.54) is 11.3 Å². The van der Waals surface area contributed by atoms with Crippen LogP contribution in [0.15, 0.2) is 23.2 Å². The minimum absolute atomic E-state index is 0.731. The van der Waals surface area contributed by atoms with E-state index < -0.39 is 0 Å². The molecule has 0 amide bonds. The number of aliphatic imine (C=N–C) groups is 1. The van der Waals surface area contributed by atoms with E-state index in [2.05, 4.69) is 9.98 Å². The number of thiazole rings is 1. The SMILES string of the molecule is CN(C)C=Nc1nc2ccc(Cl)cc2s1. The van der Waals surface area contributed by atoms with Crippen LogP contribution < -0.4 is 0 Å². The van der Waals surface area contributed by atoms with Gasteiger partial charge in [0.1, 0.15) is 0 Å². The molecule has 1 heterocycles. The fourth-order valence-electron chi connectivity index (χ4n) is 1.11. The monoisotopic (exact) mass is 239 g/mol. The van der Waals surface area contributed by atoms with Gasteiger partial charge in [0.2, 0.25) is 5.13 Å². The molecule has 2 rings (SSSR count). The van der Waals surface area contributed by atoms with Crippen molar-refractivity contribution in [2.45, 2.75) is 0 Å². The average molecular weight is 240 g/mol. The van der Waals surface area contributed by atoms with E-state index in [9.17, 15) is 0 Å². The minimum Gasteiger partial charge on any atom is -0.369 e. The highest BCUT2D eigenvalue weighted by molar-refractivity contribution is 7.22. The molecule has 0 aliphatic heterocycles. The first-order valence-electron chi connectivity index (χ1n) is 4.42. The number of aromatic nitrogens is 1. The normalized spacial score (nSPS) is 11.4. The average Bonchev–Trinajstić information content (AvgIpc) is 2.56. The lowest BCUT2D eigenvalue weighted by molar-refractivity contribution is 0.643. The van der Waals surface area contributed by atoms with Crippen LogP contribution >= 0.6 is 22.9 Å². The van der Waals surface area contributed by atoms with E-state index in [0.29, 0.717) is 0 Å². The molecule has 5 heteroatoms. The van der Waals surface area contributed by atoms with Gasteiger partial charge in [-0.05, 0) is 18.2 Å². The zero-order chi connectivity index (χ0) is 10.8. The standard InChI is InChI=1S/C10H10ClN3S/c1-14(2)6-12-10-13-8-4-3-7(11)5-9(8)15-10/h3-6H,1-2H3. The van der Waals surface area contributed by atoms with Crippen LogP contribution in [0.3, 0.4) is 0 Å². The molecule has 0 aliphatic carbocycles. The van der Waals surface area contributed by atoms with Crippen LogP contribution in [-0.2, 0) is 0 Å². The summed E-state index contributed by atoms with van der Waals surface area (Å²) in [4.78, 5) is 10.5. The summed E-state index contributed by atoms with van der Waals surface area (Å²) in [5, 5.41) is 1.48. The van der Waals surface area contributed by atoms with Crippen molar-refractivity contribution in [3.8, 4) is 0 Å². The maximum atomic E-state index is 5.89. The Morgan fingerprint density at radius 3 is 3.00 bits per heavy atom. The van der Waals surface area contributed by atoms with Crippen LogP contribution in [0, 0.1) is 0 Å². The molecule has 2 aromatic rings. The number of halogens is 1. The predicted molar refractivity (Wildman–Crippen MR) is 66.5 cm³/mol. The summed E-state index contributed by atoms with van der Waals surface area (Å²) in [6, 6.07) is 5.65. The molecule has 0 N–H and O–H groups in total. The molecular weight excluding hydrogens is 230 g/mol. The maximum Gasteiger partial charge on any atom is 0.211 e. The topological polar surface area (TPSA) is 28.5 Å². The number of hydrogen-bond acceptors (Lipinski definition) is 3. The number of fused-ring (bicyclic) bond motifs is 1. The number of nitrogens with zero attached hydrogens (tertiary/aromatic N) is 3. The Kier molecular flexibility index (Phi) is 2.88. The lowest BCUT2D eigenvalue weighted by Crippen LogP contribution is -2.06. The van der Waals surface area contributed by atoms with E-state index >= 15 is 0 Å². The summed E-state index contributed by atoms with van der Waals surface area (Å²) in [6.45, 7) is 0. The molecule has 0 spiro atoms. The van der Waals surface area contributed by atoms with Crippen LogP contribution in [0.25, 0.3) is 10.2 Å². The van der Waals surface area contributed by atoms with E-state index in [-0.39, 0.29) is 0 Å².